The van der Waals surface area contributed by atoms with Crippen molar-refractivity contribution in [2.75, 3.05) is 13.2 Å². The summed E-state index contributed by atoms with van der Waals surface area (Å²) >= 11 is 0. The SMILES string of the molecule is CCCCCCCCCCCCCCCCCC(=O)OCC(COC(=O)CCCCCCCCCCCCC)OC(=O)CCCCCCCCCCC. The molecule has 0 fully saturated rings. The molecule has 0 bridgehead atoms. The lowest BCUT2D eigenvalue weighted by Crippen LogP contribution is -2.30. The van der Waals surface area contributed by atoms with Gasteiger partial charge in [-0.05, 0) is 19.3 Å². The minimum Gasteiger partial charge on any atom is -0.462 e. The Labute approximate surface area is 329 Å². The summed E-state index contributed by atoms with van der Waals surface area (Å²) < 4.78 is 16.7. The van der Waals surface area contributed by atoms with Gasteiger partial charge in [0.2, 0.25) is 0 Å². The van der Waals surface area contributed by atoms with Gasteiger partial charge in [0, 0.05) is 19.3 Å². The Bertz CT molecular complexity index is 783. The van der Waals surface area contributed by atoms with Gasteiger partial charge in [-0.25, -0.2) is 0 Å². The first-order valence-electron chi connectivity index (χ1n) is 23.5. The highest BCUT2D eigenvalue weighted by atomic mass is 16.6. The molecule has 0 aromatic carbocycles. The molecule has 0 aliphatic heterocycles. The molecule has 0 aromatic heterocycles. The average molecular weight is 751 g/mol. The number of carbonyl (C=O) groups is 3. The van der Waals surface area contributed by atoms with Crippen LogP contribution in [0.15, 0.2) is 0 Å². The quantitative estimate of drug-likeness (QED) is 0.0351. The summed E-state index contributed by atoms with van der Waals surface area (Å²) in [4.78, 5) is 37.7. The van der Waals surface area contributed by atoms with Crippen LogP contribution in [0.5, 0.6) is 0 Å². The molecule has 0 aliphatic rings. The molecule has 0 rings (SSSR count). The molecular weight excluding hydrogens is 661 g/mol. The zero-order valence-corrected chi connectivity index (χ0v) is 35.8. The predicted molar refractivity (Wildman–Crippen MR) is 224 cm³/mol. The van der Waals surface area contributed by atoms with Crippen molar-refractivity contribution in [3.63, 3.8) is 0 Å². The molecule has 1 unspecified atom stereocenters. The van der Waals surface area contributed by atoms with Crippen LogP contribution in [0, 0.1) is 0 Å². The fourth-order valence-electron chi connectivity index (χ4n) is 7.03. The van der Waals surface area contributed by atoms with Crippen molar-refractivity contribution >= 4 is 17.9 Å². The smallest absolute Gasteiger partial charge is 0.306 e. The summed E-state index contributed by atoms with van der Waals surface area (Å²) in [6.07, 6.45) is 43.7. The molecule has 0 radical (unpaired) electrons. The van der Waals surface area contributed by atoms with Crippen LogP contribution in [-0.2, 0) is 28.6 Å². The zero-order valence-electron chi connectivity index (χ0n) is 35.8. The van der Waals surface area contributed by atoms with E-state index in [-0.39, 0.29) is 31.1 Å². The number of hydrogen-bond acceptors (Lipinski definition) is 6. The normalized spacial score (nSPS) is 11.8. The van der Waals surface area contributed by atoms with Crippen LogP contribution in [-0.4, -0.2) is 37.2 Å². The first kappa shape index (κ1) is 51.4. The Hall–Kier alpha value is -1.59. The molecule has 0 amide bonds. The topological polar surface area (TPSA) is 78.9 Å². The largest absolute Gasteiger partial charge is 0.462 e. The van der Waals surface area contributed by atoms with E-state index in [1.807, 2.05) is 0 Å². The van der Waals surface area contributed by atoms with E-state index in [1.54, 1.807) is 0 Å². The summed E-state index contributed by atoms with van der Waals surface area (Å²) in [6, 6.07) is 0. The van der Waals surface area contributed by atoms with Gasteiger partial charge in [-0.1, -0.05) is 226 Å². The summed E-state index contributed by atoms with van der Waals surface area (Å²) in [6.45, 7) is 6.64. The van der Waals surface area contributed by atoms with Gasteiger partial charge in [0.15, 0.2) is 6.10 Å². The van der Waals surface area contributed by atoms with Crippen molar-refractivity contribution in [2.45, 2.75) is 271 Å². The standard InChI is InChI=1S/C47H90O6/c1-4-7-10-13-16-19-21-22-23-24-26-29-31-34-37-40-46(49)52-43-44(53-47(50)41-38-35-32-27-18-15-12-9-6-3)42-51-45(48)39-36-33-30-28-25-20-17-14-11-8-5-2/h44H,4-43H2,1-3H3. The van der Waals surface area contributed by atoms with Gasteiger partial charge in [0.25, 0.3) is 0 Å². The van der Waals surface area contributed by atoms with E-state index in [0.717, 1.165) is 57.8 Å². The summed E-state index contributed by atoms with van der Waals surface area (Å²) in [5.41, 5.74) is 0. The van der Waals surface area contributed by atoms with Crippen LogP contribution >= 0.6 is 0 Å². The highest BCUT2D eigenvalue weighted by Gasteiger charge is 2.19. The Morgan fingerprint density at radius 3 is 0.755 bits per heavy atom. The Kier molecular flexibility index (Phi) is 41.8. The maximum atomic E-state index is 12.7. The second-order valence-corrected chi connectivity index (χ2v) is 16.0. The van der Waals surface area contributed by atoms with Crippen LogP contribution < -0.4 is 0 Å². The molecule has 1 atom stereocenters. The van der Waals surface area contributed by atoms with Gasteiger partial charge < -0.3 is 14.2 Å². The Morgan fingerprint density at radius 2 is 0.509 bits per heavy atom. The van der Waals surface area contributed by atoms with Crippen molar-refractivity contribution in [3.05, 3.63) is 0 Å². The maximum absolute atomic E-state index is 12.7. The molecule has 53 heavy (non-hydrogen) atoms. The third-order valence-corrected chi connectivity index (χ3v) is 10.6. The average Bonchev–Trinajstić information content (AvgIpc) is 3.15. The van der Waals surface area contributed by atoms with Crippen molar-refractivity contribution in [1.29, 1.82) is 0 Å². The van der Waals surface area contributed by atoms with E-state index in [2.05, 4.69) is 20.8 Å². The van der Waals surface area contributed by atoms with E-state index in [0.29, 0.717) is 19.3 Å². The number of carbonyl (C=O) groups excluding carboxylic acids is 3. The van der Waals surface area contributed by atoms with Crippen LogP contribution in [0.25, 0.3) is 0 Å². The number of rotatable bonds is 43. The molecule has 0 N–H and O–H groups in total. The number of esters is 3. The second kappa shape index (κ2) is 43.1. The van der Waals surface area contributed by atoms with Gasteiger partial charge in [-0.2, -0.15) is 0 Å². The highest BCUT2D eigenvalue weighted by Crippen LogP contribution is 2.16. The molecule has 0 heterocycles. The van der Waals surface area contributed by atoms with E-state index in [9.17, 15) is 14.4 Å². The van der Waals surface area contributed by atoms with Crippen LogP contribution in [0.2, 0.25) is 0 Å². The number of hydrogen-bond donors (Lipinski definition) is 0. The van der Waals surface area contributed by atoms with Crippen molar-refractivity contribution in [2.24, 2.45) is 0 Å². The third kappa shape index (κ3) is 41.4. The van der Waals surface area contributed by atoms with Gasteiger partial charge in [-0.3, -0.25) is 14.4 Å². The first-order valence-corrected chi connectivity index (χ1v) is 23.5. The number of unbranched alkanes of at least 4 members (excludes halogenated alkanes) is 32. The monoisotopic (exact) mass is 751 g/mol. The van der Waals surface area contributed by atoms with Crippen LogP contribution in [0.3, 0.4) is 0 Å². The number of ether oxygens (including phenoxy) is 3. The minimum atomic E-state index is -0.757. The molecule has 6 heteroatoms. The van der Waals surface area contributed by atoms with Gasteiger partial charge in [-0.15, -0.1) is 0 Å². The molecule has 0 saturated carbocycles. The fraction of sp³-hybridized carbons (Fsp3) is 0.936. The zero-order chi connectivity index (χ0) is 38.7. The minimum absolute atomic E-state index is 0.0627. The fourth-order valence-corrected chi connectivity index (χ4v) is 7.03. The van der Waals surface area contributed by atoms with Gasteiger partial charge in [0.1, 0.15) is 13.2 Å². The molecular formula is C47H90O6. The lowest BCUT2D eigenvalue weighted by Gasteiger charge is -2.18. The summed E-state index contributed by atoms with van der Waals surface area (Å²) in [5, 5.41) is 0. The van der Waals surface area contributed by atoms with Gasteiger partial charge in [0.05, 0.1) is 0 Å². The van der Waals surface area contributed by atoms with E-state index >= 15 is 0 Å². The highest BCUT2D eigenvalue weighted by molar-refractivity contribution is 5.71. The maximum Gasteiger partial charge on any atom is 0.306 e. The molecule has 0 aliphatic carbocycles. The van der Waals surface area contributed by atoms with E-state index < -0.39 is 6.10 Å². The molecule has 0 saturated heterocycles. The Morgan fingerprint density at radius 1 is 0.302 bits per heavy atom. The van der Waals surface area contributed by atoms with Crippen molar-refractivity contribution < 1.29 is 28.6 Å². The van der Waals surface area contributed by atoms with Crippen molar-refractivity contribution in [1.82, 2.24) is 0 Å². The summed E-state index contributed by atoms with van der Waals surface area (Å²) in [7, 11) is 0. The first-order chi connectivity index (χ1) is 26.0. The van der Waals surface area contributed by atoms with E-state index in [4.69, 9.17) is 14.2 Å². The third-order valence-electron chi connectivity index (χ3n) is 10.6. The van der Waals surface area contributed by atoms with Crippen LogP contribution in [0.4, 0.5) is 0 Å². The second-order valence-electron chi connectivity index (χ2n) is 16.0. The molecule has 314 valence electrons. The Balaban J connectivity index is 4.26. The van der Waals surface area contributed by atoms with Crippen LogP contribution in [0.1, 0.15) is 265 Å². The summed E-state index contributed by atoms with van der Waals surface area (Å²) in [5.74, 6) is -0.852. The van der Waals surface area contributed by atoms with Crippen molar-refractivity contribution in [3.8, 4) is 0 Å². The predicted octanol–water partition coefficient (Wildman–Crippen LogP) is 14.9. The van der Waals surface area contributed by atoms with E-state index in [1.165, 1.54) is 167 Å². The lowest BCUT2D eigenvalue weighted by atomic mass is 10.0. The molecule has 0 spiro atoms. The lowest BCUT2D eigenvalue weighted by molar-refractivity contribution is -0.167. The molecule has 6 nitrogen and oxygen atoms in total. The van der Waals surface area contributed by atoms with Gasteiger partial charge >= 0.3 is 17.9 Å². The molecule has 0 aromatic rings.